The SMILES string of the molecule is C=NC1=C(NC2=CC(=S)C(S)CC2)C2C=CC1C2. The number of rotatable bonds is 3. The van der Waals surface area contributed by atoms with Gasteiger partial charge in [0.1, 0.15) is 0 Å². The number of hydrogen-bond donors (Lipinski definition) is 2. The molecule has 18 heavy (non-hydrogen) atoms. The molecule has 3 rings (SSSR count). The molecule has 0 heterocycles. The molecule has 2 nitrogen and oxygen atoms in total. The molecule has 0 spiro atoms. The van der Waals surface area contributed by atoms with Crippen LogP contribution in [-0.4, -0.2) is 16.8 Å². The summed E-state index contributed by atoms with van der Waals surface area (Å²) in [4.78, 5) is 5.12. The molecule has 0 fully saturated rings. The third-order valence-electron chi connectivity index (χ3n) is 3.88. The first-order valence-corrected chi connectivity index (χ1v) is 7.20. The maximum atomic E-state index is 5.31. The van der Waals surface area contributed by atoms with E-state index in [-0.39, 0.29) is 5.25 Å². The molecular formula is C14H16N2S2. The van der Waals surface area contributed by atoms with Gasteiger partial charge in [0.25, 0.3) is 0 Å². The first-order valence-electron chi connectivity index (χ1n) is 6.27. The van der Waals surface area contributed by atoms with E-state index in [1.54, 1.807) is 0 Å². The molecule has 0 aromatic rings. The van der Waals surface area contributed by atoms with Crippen molar-refractivity contribution in [1.29, 1.82) is 0 Å². The highest BCUT2D eigenvalue weighted by molar-refractivity contribution is 7.87. The van der Waals surface area contributed by atoms with Gasteiger partial charge < -0.3 is 5.32 Å². The van der Waals surface area contributed by atoms with Gasteiger partial charge in [0.05, 0.1) is 5.70 Å². The van der Waals surface area contributed by atoms with Crippen LogP contribution in [0.25, 0.3) is 0 Å². The zero-order valence-electron chi connectivity index (χ0n) is 10.1. The molecule has 3 unspecified atom stereocenters. The molecule has 0 radical (unpaired) electrons. The number of thiol groups is 1. The predicted molar refractivity (Wildman–Crippen MR) is 83.1 cm³/mol. The van der Waals surface area contributed by atoms with Crippen LogP contribution in [0.3, 0.4) is 0 Å². The number of nitrogens with zero attached hydrogens (tertiary/aromatic N) is 1. The molecule has 0 saturated heterocycles. The van der Waals surface area contributed by atoms with Crippen molar-refractivity contribution in [2.45, 2.75) is 24.5 Å². The van der Waals surface area contributed by atoms with Crippen molar-refractivity contribution >= 4 is 36.4 Å². The number of allylic oxidation sites excluding steroid dienone is 4. The van der Waals surface area contributed by atoms with Crippen LogP contribution in [0.2, 0.25) is 0 Å². The van der Waals surface area contributed by atoms with Gasteiger partial charge in [0.2, 0.25) is 0 Å². The standard InChI is InChI=1S/C14H16N2S2/c1-15-13-8-2-3-9(6-8)14(13)16-10-4-5-11(17)12(18)7-10/h2-3,7-9,11,16-17H,1,4-6H2. The average Bonchev–Trinajstić information content (AvgIpc) is 2.94. The second-order valence-corrected chi connectivity index (χ2v) is 6.14. The summed E-state index contributed by atoms with van der Waals surface area (Å²) in [6.45, 7) is 3.69. The van der Waals surface area contributed by atoms with Gasteiger partial charge >= 0.3 is 0 Å². The van der Waals surface area contributed by atoms with E-state index in [9.17, 15) is 0 Å². The van der Waals surface area contributed by atoms with E-state index in [4.69, 9.17) is 12.2 Å². The summed E-state index contributed by atoms with van der Waals surface area (Å²) in [5.41, 5.74) is 3.54. The van der Waals surface area contributed by atoms with Gasteiger partial charge in [-0.15, -0.1) is 0 Å². The second-order valence-electron chi connectivity index (χ2n) is 5.04. The molecule has 0 aliphatic heterocycles. The Kier molecular flexibility index (Phi) is 3.16. The van der Waals surface area contributed by atoms with Crippen molar-refractivity contribution in [3.05, 3.63) is 35.3 Å². The van der Waals surface area contributed by atoms with E-state index < -0.39 is 0 Å². The summed E-state index contributed by atoms with van der Waals surface area (Å²) in [6, 6.07) is 0. The third kappa shape index (κ3) is 1.97. The maximum absolute atomic E-state index is 5.31. The van der Waals surface area contributed by atoms with Gasteiger partial charge in [-0.3, -0.25) is 4.99 Å². The lowest BCUT2D eigenvalue weighted by Gasteiger charge is -2.23. The lowest BCUT2D eigenvalue weighted by atomic mass is 10.0. The van der Waals surface area contributed by atoms with Gasteiger partial charge in [-0.05, 0) is 32.1 Å². The van der Waals surface area contributed by atoms with Crippen LogP contribution >= 0.6 is 24.8 Å². The lowest BCUT2D eigenvalue weighted by Crippen LogP contribution is -2.24. The van der Waals surface area contributed by atoms with Gasteiger partial charge in [-0.2, -0.15) is 12.6 Å². The van der Waals surface area contributed by atoms with Crippen molar-refractivity contribution in [3.63, 3.8) is 0 Å². The molecule has 0 amide bonds. The highest BCUT2D eigenvalue weighted by atomic mass is 32.1. The molecule has 3 atom stereocenters. The van der Waals surface area contributed by atoms with E-state index in [1.807, 2.05) is 0 Å². The van der Waals surface area contributed by atoms with E-state index in [2.05, 4.69) is 47.9 Å². The minimum atomic E-state index is 0.233. The highest BCUT2D eigenvalue weighted by Gasteiger charge is 2.35. The van der Waals surface area contributed by atoms with Crippen molar-refractivity contribution in [1.82, 2.24) is 5.32 Å². The number of hydrogen-bond acceptors (Lipinski definition) is 4. The van der Waals surface area contributed by atoms with Crippen molar-refractivity contribution in [3.8, 4) is 0 Å². The van der Waals surface area contributed by atoms with E-state index in [0.29, 0.717) is 11.8 Å². The van der Waals surface area contributed by atoms with Crippen molar-refractivity contribution in [2.24, 2.45) is 16.8 Å². The Morgan fingerprint density at radius 1 is 1.39 bits per heavy atom. The van der Waals surface area contributed by atoms with Crippen molar-refractivity contribution in [2.75, 3.05) is 0 Å². The van der Waals surface area contributed by atoms with Crippen LogP contribution in [-0.2, 0) is 0 Å². The molecular weight excluding hydrogens is 260 g/mol. The first-order chi connectivity index (χ1) is 8.69. The van der Waals surface area contributed by atoms with Gasteiger partial charge in [0, 0.05) is 33.3 Å². The fraction of sp³-hybridized carbons (Fsp3) is 0.429. The molecule has 2 bridgehead atoms. The van der Waals surface area contributed by atoms with E-state index >= 15 is 0 Å². The summed E-state index contributed by atoms with van der Waals surface area (Å²) in [5, 5.41) is 3.77. The number of fused-ring (bicyclic) bond motifs is 2. The first kappa shape index (κ1) is 12.2. The summed E-state index contributed by atoms with van der Waals surface area (Å²) in [6.07, 6.45) is 9.72. The number of nitrogens with one attached hydrogen (secondary N) is 1. The summed E-state index contributed by atoms with van der Waals surface area (Å²) in [7, 11) is 0. The average molecular weight is 276 g/mol. The largest absolute Gasteiger partial charge is 0.360 e. The normalized spacial score (nSPS) is 33.9. The summed E-state index contributed by atoms with van der Waals surface area (Å²) >= 11 is 9.77. The Balaban J connectivity index is 1.81. The van der Waals surface area contributed by atoms with Crippen LogP contribution < -0.4 is 5.32 Å². The lowest BCUT2D eigenvalue weighted by molar-refractivity contribution is 0.669. The third-order valence-corrected chi connectivity index (χ3v) is 4.99. The molecule has 0 aromatic carbocycles. The van der Waals surface area contributed by atoms with E-state index in [1.165, 1.54) is 11.4 Å². The maximum Gasteiger partial charge on any atom is 0.0663 e. The number of aliphatic imine (C=N–C) groups is 1. The van der Waals surface area contributed by atoms with Gasteiger partial charge in [0.15, 0.2) is 0 Å². The van der Waals surface area contributed by atoms with Crippen LogP contribution in [0.15, 0.2) is 40.3 Å². The minimum absolute atomic E-state index is 0.233. The zero-order valence-corrected chi connectivity index (χ0v) is 11.8. The smallest absolute Gasteiger partial charge is 0.0663 e. The van der Waals surface area contributed by atoms with E-state index in [0.717, 1.165) is 29.8 Å². The molecule has 3 aliphatic carbocycles. The fourth-order valence-electron chi connectivity index (χ4n) is 2.91. The Morgan fingerprint density at radius 3 is 2.89 bits per heavy atom. The summed E-state index contributed by atoms with van der Waals surface area (Å²) < 4.78 is 0. The van der Waals surface area contributed by atoms with Gasteiger partial charge in [-0.25, -0.2) is 0 Å². The van der Waals surface area contributed by atoms with Crippen LogP contribution in [0, 0.1) is 11.8 Å². The van der Waals surface area contributed by atoms with Crippen LogP contribution in [0.5, 0.6) is 0 Å². The molecule has 1 N–H and O–H groups in total. The fourth-order valence-corrected chi connectivity index (χ4v) is 3.37. The molecule has 4 heteroatoms. The van der Waals surface area contributed by atoms with Gasteiger partial charge in [-0.1, -0.05) is 24.4 Å². The summed E-state index contributed by atoms with van der Waals surface area (Å²) in [5.74, 6) is 0.947. The zero-order chi connectivity index (χ0) is 12.7. The molecule has 94 valence electrons. The monoisotopic (exact) mass is 276 g/mol. The molecule has 0 aromatic heterocycles. The van der Waals surface area contributed by atoms with Crippen LogP contribution in [0.1, 0.15) is 19.3 Å². The Morgan fingerprint density at radius 2 is 2.17 bits per heavy atom. The topological polar surface area (TPSA) is 24.4 Å². The van der Waals surface area contributed by atoms with Crippen LogP contribution in [0.4, 0.5) is 0 Å². The predicted octanol–water partition coefficient (Wildman–Crippen LogP) is 3.04. The highest BCUT2D eigenvalue weighted by Crippen LogP contribution is 2.43. The quantitative estimate of drug-likeness (QED) is 0.358. The minimum Gasteiger partial charge on any atom is -0.360 e. The molecule has 0 saturated carbocycles. The Labute approximate surface area is 118 Å². The second kappa shape index (κ2) is 4.67. The van der Waals surface area contributed by atoms with Crippen molar-refractivity contribution < 1.29 is 0 Å². The number of thiocarbonyl (C=S) groups is 1. The Bertz CT molecular complexity index is 502. The molecule has 3 aliphatic rings. The Hall–Kier alpha value is -0.870.